The fraction of sp³-hybridized carbons (Fsp3) is 0.400. The standard InChI is InChI=1S/C10H14N2O5S2/c1-5(2)8(10(14)15)12-9(13)6-3-7(18-4-6)19(11,16)17/h3-5,8H,1-2H3,(H,12,13)(H,14,15)(H2,11,16,17). The van der Waals surface area contributed by atoms with Gasteiger partial charge >= 0.3 is 5.97 Å². The van der Waals surface area contributed by atoms with Crippen LogP contribution in [0, 0.1) is 5.92 Å². The average Bonchev–Trinajstić information content (AvgIpc) is 2.73. The predicted octanol–water partition coefficient (Wildman–Crippen LogP) is 0.235. The van der Waals surface area contributed by atoms with Crippen LogP contribution in [0.5, 0.6) is 0 Å². The van der Waals surface area contributed by atoms with Gasteiger partial charge in [-0.25, -0.2) is 18.4 Å². The quantitative estimate of drug-likeness (QED) is 0.718. The number of carbonyl (C=O) groups is 2. The number of aliphatic carboxylic acids is 1. The van der Waals surface area contributed by atoms with Gasteiger partial charge in [-0.2, -0.15) is 0 Å². The monoisotopic (exact) mass is 306 g/mol. The highest BCUT2D eigenvalue weighted by Gasteiger charge is 2.25. The van der Waals surface area contributed by atoms with Crippen LogP contribution in [-0.2, 0) is 14.8 Å². The zero-order chi connectivity index (χ0) is 14.8. The van der Waals surface area contributed by atoms with E-state index in [0.29, 0.717) is 0 Å². The van der Waals surface area contributed by atoms with Crippen LogP contribution in [0.25, 0.3) is 0 Å². The minimum absolute atomic E-state index is 0.0703. The molecule has 0 saturated heterocycles. The zero-order valence-electron chi connectivity index (χ0n) is 10.3. The van der Waals surface area contributed by atoms with Crippen LogP contribution in [0.4, 0.5) is 0 Å². The van der Waals surface area contributed by atoms with Crippen molar-refractivity contribution in [3.05, 3.63) is 17.0 Å². The van der Waals surface area contributed by atoms with E-state index in [0.717, 1.165) is 17.4 Å². The number of thiophene rings is 1. The molecule has 1 rings (SSSR count). The molecule has 1 aromatic rings. The molecule has 0 radical (unpaired) electrons. The summed E-state index contributed by atoms with van der Waals surface area (Å²) in [4.78, 5) is 22.7. The predicted molar refractivity (Wildman–Crippen MR) is 69.4 cm³/mol. The Morgan fingerprint density at radius 1 is 1.42 bits per heavy atom. The number of hydrogen-bond donors (Lipinski definition) is 3. The van der Waals surface area contributed by atoms with Crippen LogP contribution in [0.2, 0.25) is 0 Å². The number of carbonyl (C=O) groups excluding carboxylic acids is 1. The van der Waals surface area contributed by atoms with Crippen LogP contribution in [-0.4, -0.2) is 31.4 Å². The maximum Gasteiger partial charge on any atom is 0.326 e. The highest BCUT2D eigenvalue weighted by molar-refractivity contribution is 7.91. The van der Waals surface area contributed by atoms with Crippen molar-refractivity contribution in [1.29, 1.82) is 0 Å². The summed E-state index contributed by atoms with van der Waals surface area (Å²) in [6.07, 6.45) is 0. The first-order valence-corrected chi connectivity index (χ1v) is 7.70. The summed E-state index contributed by atoms with van der Waals surface area (Å²) in [6, 6.07) is 0.0829. The van der Waals surface area contributed by atoms with Gasteiger partial charge in [0.2, 0.25) is 10.0 Å². The van der Waals surface area contributed by atoms with Gasteiger partial charge in [-0.3, -0.25) is 4.79 Å². The third-order valence-corrected chi connectivity index (χ3v) is 4.72. The van der Waals surface area contributed by atoms with E-state index in [2.05, 4.69) is 5.32 Å². The average molecular weight is 306 g/mol. The Bertz CT molecular complexity index is 591. The molecule has 0 fully saturated rings. The summed E-state index contributed by atoms with van der Waals surface area (Å²) in [6.45, 7) is 3.31. The lowest BCUT2D eigenvalue weighted by Gasteiger charge is -2.17. The van der Waals surface area contributed by atoms with Crippen LogP contribution >= 0.6 is 11.3 Å². The molecule has 1 amide bonds. The normalized spacial score (nSPS) is 13.3. The van der Waals surface area contributed by atoms with Crippen molar-refractivity contribution in [2.45, 2.75) is 24.1 Å². The van der Waals surface area contributed by atoms with Crippen molar-refractivity contribution in [1.82, 2.24) is 5.32 Å². The number of amides is 1. The number of hydrogen-bond acceptors (Lipinski definition) is 5. The molecule has 1 unspecified atom stereocenters. The minimum atomic E-state index is -3.85. The van der Waals surface area contributed by atoms with Crippen LogP contribution in [0.1, 0.15) is 24.2 Å². The Balaban J connectivity index is 2.90. The molecule has 0 aliphatic carbocycles. The smallest absolute Gasteiger partial charge is 0.326 e. The molecule has 0 aromatic carbocycles. The maximum absolute atomic E-state index is 11.8. The van der Waals surface area contributed by atoms with E-state index in [4.69, 9.17) is 10.2 Å². The molecule has 7 nitrogen and oxygen atoms in total. The van der Waals surface area contributed by atoms with Crippen molar-refractivity contribution in [3.63, 3.8) is 0 Å². The second kappa shape index (κ2) is 5.68. The van der Waals surface area contributed by atoms with Crippen LogP contribution < -0.4 is 10.5 Å². The van der Waals surface area contributed by atoms with E-state index in [-0.39, 0.29) is 15.7 Å². The minimum Gasteiger partial charge on any atom is -0.480 e. The SMILES string of the molecule is CC(C)C(NC(=O)c1csc(S(N)(=O)=O)c1)C(=O)O. The highest BCUT2D eigenvalue weighted by atomic mass is 32.2. The topological polar surface area (TPSA) is 127 Å². The number of carboxylic acid groups (broad SMARTS) is 1. The van der Waals surface area contributed by atoms with Gasteiger partial charge in [0, 0.05) is 5.38 Å². The van der Waals surface area contributed by atoms with Crippen LogP contribution in [0.15, 0.2) is 15.7 Å². The molecule has 4 N–H and O–H groups in total. The first-order valence-electron chi connectivity index (χ1n) is 5.28. The van der Waals surface area contributed by atoms with Gasteiger partial charge in [-0.1, -0.05) is 13.8 Å². The molecule has 9 heteroatoms. The number of sulfonamides is 1. The Kier molecular flexibility index (Phi) is 4.66. The van der Waals surface area contributed by atoms with E-state index in [1.807, 2.05) is 0 Å². The van der Waals surface area contributed by atoms with Gasteiger partial charge in [0.05, 0.1) is 5.56 Å². The number of carboxylic acids is 1. The third-order valence-electron chi connectivity index (χ3n) is 2.34. The summed E-state index contributed by atoms with van der Waals surface area (Å²) in [5, 5.41) is 17.5. The number of nitrogens with two attached hydrogens (primary N) is 1. The van der Waals surface area contributed by atoms with E-state index in [1.54, 1.807) is 13.8 Å². The van der Waals surface area contributed by atoms with Gasteiger partial charge in [0.15, 0.2) is 0 Å². The lowest BCUT2D eigenvalue weighted by Crippen LogP contribution is -2.44. The first kappa shape index (κ1) is 15.6. The van der Waals surface area contributed by atoms with E-state index < -0.39 is 27.9 Å². The molecular weight excluding hydrogens is 292 g/mol. The molecule has 106 valence electrons. The van der Waals surface area contributed by atoms with E-state index in [9.17, 15) is 18.0 Å². The van der Waals surface area contributed by atoms with Crippen molar-refractivity contribution >= 4 is 33.2 Å². The largest absolute Gasteiger partial charge is 0.480 e. The fourth-order valence-corrected chi connectivity index (χ4v) is 2.91. The summed E-state index contributed by atoms with van der Waals surface area (Å²) in [5.41, 5.74) is 0.0703. The van der Waals surface area contributed by atoms with E-state index >= 15 is 0 Å². The van der Waals surface area contributed by atoms with Gasteiger partial charge in [0.1, 0.15) is 10.3 Å². The van der Waals surface area contributed by atoms with Gasteiger partial charge in [-0.15, -0.1) is 11.3 Å². The van der Waals surface area contributed by atoms with Crippen molar-refractivity contribution < 1.29 is 23.1 Å². The molecule has 0 spiro atoms. The summed E-state index contributed by atoms with van der Waals surface area (Å²) >= 11 is 0.807. The van der Waals surface area contributed by atoms with Gasteiger partial charge in [0.25, 0.3) is 5.91 Å². The van der Waals surface area contributed by atoms with E-state index in [1.165, 1.54) is 5.38 Å². The molecule has 0 aliphatic heterocycles. The number of nitrogens with one attached hydrogen (secondary N) is 1. The number of primary sulfonamides is 1. The lowest BCUT2D eigenvalue weighted by molar-refractivity contribution is -0.140. The van der Waals surface area contributed by atoms with Gasteiger partial charge in [-0.05, 0) is 12.0 Å². The van der Waals surface area contributed by atoms with Crippen molar-refractivity contribution in [2.24, 2.45) is 11.1 Å². The molecule has 1 heterocycles. The molecule has 19 heavy (non-hydrogen) atoms. The molecule has 0 saturated carbocycles. The first-order chi connectivity index (χ1) is 8.62. The fourth-order valence-electron chi connectivity index (χ4n) is 1.32. The maximum atomic E-state index is 11.8. The van der Waals surface area contributed by atoms with Gasteiger partial charge < -0.3 is 10.4 Å². The highest BCUT2D eigenvalue weighted by Crippen LogP contribution is 2.19. The summed E-state index contributed by atoms with van der Waals surface area (Å²) in [7, 11) is -3.85. The third kappa shape index (κ3) is 4.01. The zero-order valence-corrected chi connectivity index (χ0v) is 11.9. The second-order valence-electron chi connectivity index (χ2n) is 4.23. The number of rotatable bonds is 5. The second-order valence-corrected chi connectivity index (χ2v) is 6.93. The summed E-state index contributed by atoms with van der Waals surface area (Å²) in [5.74, 6) is -2.09. The molecule has 1 atom stereocenters. The summed E-state index contributed by atoms with van der Waals surface area (Å²) < 4.78 is 22.0. The Morgan fingerprint density at radius 3 is 2.37 bits per heavy atom. The van der Waals surface area contributed by atoms with Crippen LogP contribution in [0.3, 0.4) is 0 Å². The van der Waals surface area contributed by atoms with Crippen molar-refractivity contribution in [3.8, 4) is 0 Å². The Labute approximate surface area is 114 Å². The Hall–Kier alpha value is -1.45. The molecular formula is C10H14N2O5S2. The lowest BCUT2D eigenvalue weighted by atomic mass is 10.0. The molecule has 0 aliphatic rings. The van der Waals surface area contributed by atoms with Crippen molar-refractivity contribution in [2.75, 3.05) is 0 Å². The molecule has 1 aromatic heterocycles. The molecule has 0 bridgehead atoms. The Morgan fingerprint density at radius 2 is 2.00 bits per heavy atom.